The summed E-state index contributed by atoms with van der Waals surface area (Å²) in [5, 5.41) is 3.48. The minimum atomic E-state index is -0.584. The van der Waals surface area contributed by atoms with E-state index < -0.39 is 6.04 Å². The van der Waals surface area contributed by atoms with Gasteiger partial charge in [-0.1, -0.05) is 36.7 Å². The second-order valence-corrected chi connectivity index (χ2v) is 7.74. The average Bonchev–Trinajstić information content (AvgIpc) is 3.21. The van der Waals surface area contributed by atoms with Crippen LogP contribution in [-0.2, 0) is 22.6 Å². The summed E-state index contributed by atoms with van der Waals surface area (Å²) in [7, 11) is 0. The second-order valence-electron chi connectivity index (χ2n) is 7.31. The zero-order valence-electron chi connectivity index (χ0n) is 17.3. The minimum absolute atomic E-state index is 0.0909. The summed E-state index contributed by atoms with van der Waals surface area (Å²) >= 11 is 6.10. The number of amides is 2. The first-order valence-electron chi connectivity index (χ1n) is 10.2. The Morgan fingerprint density at radius 2 is 1.93 bits per heavy atom. The van der Waals surface area contributed by atoms with Crippen LogP contribution in [0, 0.1) is 0 Å². The molecule has 2 amide bonds. The minimum Gasteiger partial charge on any atom is -0.454 e. The summed E-state index contributed by atoms with van der Waals surface area (Å²) in [5.74, 6) is 1.17. The molecule has 160 valence electrons. The summed E-state index contributed by atoms with van der Waals surface area (Å²) in [4.78, 5) is 27.3. The fourth-order valence-corrected chi connectivity index (χ4v) is 3.51. The van der Waals surface area contributed by atoms with Gasteiger partial charge < -0.3 is 19.7 Å². The Kier molecular flexibility index (Phi) is 7.57. The van der Waals surface area contributed by atoms with Crippen molar-refractivity contribution in [1.29, 1.82) is 0 Å². The van der Waals surface area contributed by atoms with Crippen LogP contribution < -0.4 is 14.8 Å². The highest BCUT2D eigenvalue weighted by Gasteiger charge is 2.26. The standard InChI is InChI=1S/C23H27ClN2O4/c1-3-11-25-23(28)16(2)26(14-18-5-4-6-19(24)12-18)22(27)10-8-17-7-9-20-21(13-17)30-15-29-20/h4-7,9,12-13,16H,3,8,10-11,14-15H2,1-2H3,(H,25,28)/t16-/m0/s1. The van der Waals surface area contributed by atoms with Gasteiger partial charge in [-0.15, -0.1) is 0 Å². The van der Waals surface area contributed by atoms with Crippen molar-refractivity contribution < 1.29 is 19.1 Å². The summed E-state index contributed by atoms with van der Waals surface area (Å²) in [5.41, 5.74) is 1.87. The van der Waals surface area contributed by atoms with Gasteiger partial charge in [0.1, 0.15) is 6.04 Å². The van der Waals surface area contributed by atoms with Gasteiger partial charge in [0.25, 0.3) is 0 Å². The molecule has 0 fully saturated rings. The van der Waals surface area contributed by atoms with Crippen molar-refractivity contribution in [1.82, 2.24) is 10.2 Å². The van der Waals surface area contributed by atoms with E-state index in [4.69, 9.17) is 21.1 Å². The smallest absolute Gasteiger partial charge is 0.242 e. The third-order valence-electron chi connectivity index (χ3n) is 5.02. The number of aryl methyl sites for hydroxylation is 1. The molecule has 0 saturated carbocycles. The monoisotopic (exact) mass is 430 g/mol. The van der Waals surface area contributed by atoms with Gasteiger partial charge in [0, 0.05) is 24.5 Å². The molecule has 2 aromatic carbocycles. The first-order valence-corrected chi connectivity index (χ1v) is 10.6. The van der Waals surface area contributed by atoms with E-state index in [1.807, 2.05) is 43.3 Å². The molecule has 2 aromatic rings. The van der Waals surface area contributed by atoms with Gasteiger partial charge in [0.05, 0.1) is 0 Å². The van der Waals surface area contributed by atoms with Crippen LogP contribution in [0.15, 0.2) is 42.5 Å². The zero-order chi connectivity index (χ0) is 21.5. The lowest BCUT2D eigenvalue weighted by Crippen LogP contribution is -2.47. The number of hydrogen-bond acceptors (Lipinski definition) is 4. The fraction of sp³-hybridized carbons (Fsp3) is 0.391. The van der Waals surface area contributed by atoms with Crippen LogP contribution in [-0.4, -0.2) is 36.1 Å². The van der Waals surface area contributed by atoms with E-state index in [9.17, 15) is 9.59 Å². The third kappa shape index (κ3) is 5.66. The molecule has 1 heterocycles. The Morgan fingerprint density at radius 1 is 1.13 bits per heavy atom. The Labute approximate surface area is 182 Å². The number of fused-ring (bicyclic) bond motifs is 1. The van der Waals surface area contributed by atoms with Gasteiger partial charge >= 0.3 is 0 Å². The van der Waals surface area contributed by atoms with E-state index in [1.54, 1.807) is 17.9 Å². The van der Waals surface area contributed by atoms with E-state index in [0.29, 0.717) is 36.0 Å². The number of halogens is 1. The van der Waals surface area contributed by atoms with Gasteiger partial charge in [-0.2, -0.15) is 0 Å². The molecule has 1 atom stereocenters. The summed E-state index contributed by atoms with van der Waals surface area (Å²) < 4.78 is 10.7. The number of nitrogens with zero attached hydrogens (tertiary/aromatic N) is 1. The van der Waals surface area contributed by atoms with Crippen molar-refractivity contribution in [3.8, 4) is 11.5 Å². The molecular formula is C23H27ClN2O4. The molecule has 1 aliphatic rings. The third-order valence-corrected chi connectivity index (χ3v) is 5.26. The number of hydrogen-bond donors (Lipinski definition) is 1. The van der Waals surface area contributed by atoms with Crippen LogP contribution in [0.5, 0.6) is 11.5 Å². The quantitative estimate of drug-likeness (QED) is 0.654. The van der Waals surface area contributed by atoms with Crippen LogP contribution in [0.3, 0.4) is 0 Å². The van der Waals surface area contributed by atoms with Crippen molar-refractivity contribution in [3.63, 3.8) is 0 Å². The lowest BCUT2D eigenvalue weighted by atomic mass is 10.1. The highest BCUT2D eigenvalue weighted by Crippen LogP contribution is 2.32. The number of benzene rings is 2. The maximum atomic E-state index is 13.1. The lowest BCUT2D eigenvalue weighted by Gasteiger charge is -2.29. The molecule has 1 aliphatic heterocycles. The van der Waals surface area contributed by atoms with E-state index >= 15 is 0 Å². The first-order chi connectivity index (χ1) is 14.5. The molecule has 0 saturated heterocycles. The van der Waals surface area contributed by atoms with Gasteiger partial charge in [0.2, 0.25) is 18.6 Å². The summed E-state index contributed by atoms with van der Waals surface area (Å²) in [6, 6.07) is 12.4. The molecule has 3 rings (SSSR count). The van der Waals surface area contributed by atoms with Crippen LogP contribution >= 0.6 is 11.6 Å². The highest BCUT2D eigenvalue weighted by molar-refractivity contribution is 6.30. The average molecular weight is 431 g/mol. The Hall–Kier alpha value is -2.73. The molecule has 0 unspecified atom stereocenters. The van der Waals surface area contributed by atoms with Crippen LogP contribution in [0.2, 0.25) is 5.02 Å². The largest absolute Gasteiger partial charge is 0.454 e. The molecule has 1 N–H and O–H groups in total. The number of carbonyl (C=O) groups excluding carboxylic acids is 2. The van der Waals surface area contributed by atoms with Crippen LogP contribution in [0.25, 0.3) is 0 Å². The molecule has 0 spiro atoms. The highest BCUT2D eigenvalue weighted by atomic mass is 35.5. The molecule has 6 nitrogen and oxygen atoms in total. The van der Waals surface area contributed by atoms with Crippen LogP contribution in [0.4, 0.5) is 0 Å². The van der Waals surface area contributed by atoms with Crippen molar-refractivity contribution in [2.24, 2.45) is 0 Å². The Balaban J connectivity index is 1.70. The molecule has 0 bridgehead atoms. The predicted molar refractivity (Wildman–Crippen MR) is 116 cm³/mol. The molecule has 0 aromatic heterocycles. The number of nitrogens with one attached hydrogen (secondary N) is 1. The van der Waals surface area contributed by atoms with Gasteiger partial charge in [-0.3, -0.25) is 9.59 Å². The molecular weight excluding hydrogens is 404 g/mol. The van der Waals surface area contributed by atoms with E-state index in [-0.39, 0.29) is 25.0 Å². The predicted octanol–water partition coefficient (Wildman–Crippen LogP) is 3.94. The topological polar surface area (TPSA) is 67.9 Å². The summed E-state index contributed by atoms with van der Waals surface area (Å²) in [6.07, 6.45) is 1.67. The van der Waals surface area contributed by atoms with E-state index in [0.717, 1.165) is 17.5 Å². The second kappa shape index (κ2) is 10.3. The van der Waals surface area contributed by atoms with Crippen molar-refractivity contribution in [2.75, 3.05) is 13.3 Å². The van der Waals surface area contributed by atoms with E-state index in [1.165, 1.54) is 0 Å². The van der Waals surface area contributed by atoms with Gasteiger partial charge in [0.15, 0.2) is 11.5 Å². The first kappa shape index (κ1) is 22.0. The maximum absolute atomic E-state index is 13.1. The Bertz CT molecular complexity index is 903. The molecule has 0 radical (unpaired) electrons. The summed E-state index contributed by atoms with van der Waals surface area (Å²) in [6.45, 7) is 4.87. The number of rotatable bonds is 9. The van der Waals surface area contributed by atoms with Gasteiger partial charge in [-0.05, 0) is 55.2 Å². The maximum Gasteiger partial charge on any atom is 0.242 e. The number of ether oxygens (including phenoxy) is 2. The van der Waals surface area contributed by atoms with Crippen molar-refractivity contribution in [3.05, 3.63) is 58.6 Å². The van der Waals surface area contributed by atoms with Crippen molar-refractivity contribution >= 4 is 23.4 Å². The lowest BCUT2D eigenvalue weighted by molar-refractivity contribution is -0.140. The Morgan fingerprint density at radius 3 is 2.70 bits per heavy atom. The molecule has 7 heteroatoms. The van der Waals surface area contributed by atoms with Gasteiger partial charge in [-0.25, -0.2) is 0 Å². The normalized spacial score (nSPS) is 13.0. The molecule has 0 aliphatic carbocycles. The SMILES string of the molecule is CCCNC(=O)[C@H](C)N(Cc1cccc(Cl)c1)C(=O)CCc1ccc2c(c1)OCO2. The fourth-order valence-electron chi connectivity index (χ4n) is 3.30. The van der Waals surface area contributed by atoms with Crippen LogP contribution in [0.1, 0.15) is 37.8 Å². The van der Waals surface area contributed by atoms with E-state index in [2.05, 4.69) is 5.32 Å². The molecule has 30 heavy (non-hydrogen) atoms. The van der Waals surface area contributed by atoms with Crippen molar-refractivity contribution in [2.45, 2.75) is 45.7 Å². The zero-order valence-corrected chi connectivity index (χ0v) is 18.1. The number of carbonyl (C=O) groups is 2.